The van der Waals surface area contributed by atoms with Gasteiger partial charge < -0.3 is 9.47 Å². The molecule has 9 heteroatoms. The summed E-state index contributed by atoms with van der Waals surface area (Å²) in [5.41, 5.74) is -0.00970. The highest BCUT2D eigenvalue weighted by atomic mass is 32.2. The molecule has 3 rings (SSSR count). The number of pyridine rings is 1. The molecule has 162 valence electrons. The number of ether oxygens (including phenoxy) is 2. The average molecular weight is 442 g/mol. The summed E-state index contributed by atoms with van der Waals surface area (Å²) in [6.45, 7) is 3.78. The number of aromatic nitrogens is 1. The Morgan fingerprint density at radius 3 is 2.39 bits per heavy atom. The summed E-state index contributed by atoms with van der Waals surface area (Å²) in [6.07, 6.45) is 1.29. The summed E-state index contributed by atoms with van der Waals surface area (Å²) in [6, 6.07) is 14.4. The van der Waals surface area contributed by atoms with Crippen LogP contribution in [0.3, 0.4) is 0 Å². The van der Waals surface area contributed by atoms with Crippen LogP contribution >= 0.6 is 0 Å². The fourth-order valence-corrected chi connectivity index (χ4v) is 4.15. The molecule has 2 aromatic carbocycles. The summed E-state index contributed by atoms with van der Waals surface area (Å²) in [7, 11) is -4.12. The fraction of sp³-hybridized carbons (Fsp3) is 0.227. The van der Waals surface area contributed by atoms with Crippen LogP contribution in [0.4, 0.5) is 4.79 Å². The van der Waals surface area contributed by atoms with Gasteiger partial charge in [-0.2, -0.15) is 0 Å². The van der Waals surface area contributed by atoms with Crippen LogP contribution in [0.25, 0.3) is 10.8 Å². The Morgan fingerprint density at radius 2 is 1.71 bits per heavy atom. The molecule has 0 saturated heterocycles. The van der Waals surface area contributed by atoms with E-state index < -0.39 is 22.1 Å². The summed E-state index contributed by atoms with van der Waals surface area (Å²) in [4.78, 5) is 28.1. The average Bonchev–Trinajstić information content (AvgIpc) is 2.77. The largest absolute Gasteiger partial charge is 0.515 e. The first-order valence-corrected chi connectivity index (χ1v) is 11.2. The molecule has 0 fully saturated rings. The van der Waals surface area contributed by atoms with Gasteiger partial charge in [-0.05, 0) is 30.4 Å². The minimum atomic E-state index is -4.12. The zero-order chi connectivity index (χ0) is 22.4. The van der Waals surface area contributed by atoms with Crippen LogP contribution < -0.4 is 9.46 Å². The Morgan fingerprint density at radius 1 is 1.00 bits per heavy atom. The predicted molar refractivity (Wildman–Crippen MR) is 114 cm³/mol. The van der Waals surface area contributed by atoms with E-state index in [1.165, 1.54) is 18.2 Å². The Bertz CT molecular complexity index is 1180. The van der Waals surface area contributed by atoms with Gasteiger partial charge in [-0.25, -0.2) is 22.9 Å². The second kappa shape index (κ2) is 9.57. The van der Waals surface area contributed by atoms with Crippen molar-refractivity contribution in [1.29, 1.82) is 0 Å². The maximum absolute atomic E-state index is 12.8. The Balaban J connectivity index is 1.71. The molecule has 3 aromatic rings. The second-order valence-corrected chi connectivity index (χ2v) is 8.36. The topological polar surface area (TPSA) is 112 Å². The van der Waals surface area contributed by atoms with Crippen LogP contribution in [0.5, 0.6) is 5.88 Å². The van der Waals surface area contributed by atoms with Crippen molar-refractivity contribution in [3.8, 4) is 5.88 Å². The lowest BCUT2D eigenvalue weighted by Gasteiger charge is -2.13. The van der Waals surface area contributed by atoms with Crippen LogP contribution in [-0.4, -0.2) is 31.6 Å². The number of rotatable bonds is 7. The smallest absolute Gasteiger partial charge is 0.431 e. The van der Waals surface area contributed by atoms with E-state index in [1.54, 1.807) is 36.4 Å². The number of hydrogen-bond acceptors (Lipinski definition) is 7. The zero-order valence-electron chi connectivity index (χ0n) is 17.1. The first-order chi connectivity index (χ1) is 14.8. The van der Waals surface area contributed by atoms with Gasteiger partial charge in [-0.3, -0.25) is 4.79 Å². The van der Waals surface area contributed by atoms with Crippen molar-refractivity contribution in [2.45, 2.75) is 37.7 Å². The Kier molecular flexibility index (Phi) is 6.86. The van der Waals surface area contributed by atoms with E-state index in [2.05, 4.69) is 4.98 Å². The van der Waals surface area contributed by atoms with E-state index in [0.29, 0.717) is 18.2 Å². The molecule has 0 unspecified atom stereocenters. The number of fused-ring (bicyclic) bond motifs is 1. The van der Waals surface area contributed by atoms with Gasteiger partial charge in [0, 0.05) is 17.6 Å². The Hall–Kier alpha value is -3.46. The first-order valence-electron chi connectivity index (χ1n) is 9.73. The van der Waals surface area contributed by atoms with Gasteiger partial charge in [0.05, 0.1) is 10.5 Å². The number of hydrogen-bond donors (Lipinski definition) is 1. The molecule has 0 saturated carbocycles. The third kappa shape index (κ3) is 5.37. The molecule has 0 aliphatic heterocycles. The normalized spacial score (nSPS) is 11.3. The molecule has 0 spiro atoms. The van der Waals surface area contributed by atoms with Gasteiger partial charge in [0.15, 0.2) is 0 Å². The molecule has 1 N–H and O–H groups in total. The molecule has 0 bridgehead atoms. The van der Waals surface area contributed by atoms with Gasteiger partial charge in [0.1, 0.15) is 6.10 Å². The maximum Gasteiger partial charge on any atom is 0.515 e. The van der Waals surface area contributed by atoms with Crippen molar-refractivity contribution in [3.05, 3.63) is 66.4 Å². The molecule has 8 nitrogen and oxygen atoms in total. The Labute approximate surface area is 180 Å². The highest BCUT2D eigenvalue weighted by molar-refractivity contribution is 7.90. The number of carbonyl (C=O) groups is 2. The van der Waals surface area contributed by atoms with Gasteiger partial charge in [-0.1, -0.05) is 50.2 Å². The van der Waals surface area contributed by atoms with Gasteiger partial charge in [0.25, 0.3) is 15.9 Å². The number of benzene rings is 2. The molecular weight excluding hydrogens is 420 g/mol. The minimum Gasteiger partial charge on any atom is -0.431 e. The van der Waals surface area contributed by atoms with E-state index >= 15 is 0 Å². The van der Waals surface area contributed by atoms with E-state index in [4.69, 9.17) is 9.47 Å². The molecule has 0 aliphatic rings. The monoisotopic (exact) mass is 442 g/mol. The lowest BCUT2D eigenvalue weighted by atomic mass is 10.1. The van der Waals surface area contributed by atoms with Gasteiger partial charge in [0.2, 0.25) is 5.88 Å². The fourth-order valence-electron chi connectivity index (χ4n) is 2.94. The zero-order valence-corrected chi connectivity index (χ0v) is 17.9. The summed E-state index contributed by atoms with van der Waals surface area (Å²) >= 11 is 0. The highest BCUT2D eigenvalue weighted by Gasteiger charge is 2.21. The van der Waals surface area contributed by atoms with Crippen molar-refractivity contribution < 1.29 is 27.5 Å². The highest BCUT2D eigenvalue weighted by Crippen LogP contribution is 2.23. The van der Waals surface area contributed by atoms with Crippen LogP contribution in [0.15, 0.2) is 65.7 Å². The third-order valence-electron chi connectivity index (χ3n) is 4.63. The standard InChI is InChI=1S/C22H22N2O6S/c1-3-17(4-2)29-22(26)30-20-13-12-16(14-23-20)21(25)24-31(27,28)19-11-7-9-15-8-5-6-10-18(15)19/h5-14,17H,3-4H2,1-2H3,(H,24,25). The summed E-state index contributed by atoms with van der Waals surface area (Å²) < 4.78 is 37.7. The molecule has 1 heterocycles. The van der Waals surface area contributed by atoms with Crippen LogP contribution in [0.2, 0.25) is 0 Å². The lowest BCUT2D eigenvalue weighted by Crippen LogP contribution is -2.30. The predicted octanol–water partition coefficient (Wildman–Crippen LogP) is 4.06. The lowest BCUT2D eigenvalue weighted by molar-refractivity contribution is 0.0538. The van der Waals surface area contributed by atoms with Crippen LogP contribution in [0, 0.1) is 0 Å². The number of nitrogens with zero attached hydrogens (tertiary/aromatic N) is 1. The number of nitrogens with one attached hydrogen (secondary N) is 1. The van der Waals surface area contributed by atoms with Crippen molar-refractivity contribution >= 4 is 32.9 Å². The second-order valence-electron chi connectivity index (χ2n) is 6.71. The van der Waals surface area contributed by atoms with Crippen molar-refractivity contribution in [1.82, 2.24) is 9.71 Å². The van der Waals surface area contributed by atoms with Gasteiger partial charge in [-0.15, -0.1) is 0 Å². The van der Waals surface area contributed by atoms with E-state index in [0.717, 1.165) is 11.6 Å². The molecular formula is C22H22N2O6S. The maximum atomic E-state index is 12.8. The number of carbonyl (C=O) groups excluding carboxylic acids is 2. The number of sulfonamides is 1. The summed E-state index contributed by atoms with van der Waals surface area (Å²) in [5, 5.41) is 1.24. The molecule has 31 heavy (non-hydrogen) atoms. The third-order valence-corrected chi connectivity index (χ3v) is 6.02. The first kappa shape index (κ1) is 22.2. The van der Waals surface area contributed by atoms with E-state index in [9.17, 15) is 18.0 Å². The molecule has 0 radical (unpaired) electrons. The van der Waals surface area contributed by atoms with Crippen LogP contribution in [0.1, 0.15) is 37.0 Å². The SMILES string of the molecule is CCC(CC)OC(=O)Oc1ccc(C(=O)NS(=O)(=O)c2cccc3ccccc23)cn1. The van der Waals surface area contributed by atoms with E-state index in [-0.39, 0.29) is 22.4 Å². The molecule has 1 amide bonds. The molecule has 0 atom stereocenters. The van der Waals surface area contributed by atoms with Crippen molar-refractivity contribution in [2.24, 2.45) is 0 Å². The van der Waals surface area contributed by atoms with Crippen LogP contribution in [-0.2, 0) is 14.8 Å². The number of amides is 1. The molecule has 1 aromatic heterocycles. The van der Waals surface area contributed by atoms with Gasteiger partial charge >= 0.3 is 6.16 Å². The van der Waals surface area contributed by atoms with E-state index in [1.807, 2.05) is 18.6 Å². The minimum absolute atomic E-state index is 0.00369. The molecule has 0 aliphatic carbocycles. The summed E-state index contributed by atoms with van der Waals surface area (Å²) in [5.74, 6) is -0.920. The van der Waals surface area contributed by atoms with Crippen molar-refractivity contribution in [3.63, 3.8) is 0 Å². The van der Waals surface area contributed by atoms with Crippen molar-refractivity contribution in [2.75, 3.05) is 0 Å². The quantitative estimate of drug-likeness (QED) is 0.549.